The van der Waals surface area contributed by atoms with E-state index in [0.717, 1.165) is 19.3 Å². The fourth-order valence-corrected chi connectivity index (χ4v) is 3.89. The lowest BCUT2D eigenvalue weighted by molar-refractivity contribution is -0.130. The first-order valence-electron chi connectivity index (χ1n) is 10.8. The van der Waals surface area contributed by atoms with Gasteiger partial charge in [0.25, 0.3) is 0 Å². The lowest BCUT2D eigenvalue weighted by Crippen LogP contribution is -2.72. The van der Waals surface area contributed by atoms with Crippen molar-refractivity contribution in [3.63, 3.8) is 0 Å². The molecule has 3 unspecified atom stereocenters. The van der Waals surface area contributed by atoms with E-state index in [1.807, 2.05) is 13.0 Å². The summed E-state index contributed by atoms with van der Waals surface area (Å²) in [6, 6.07) is 3.87. The Morgan fingerprint density at radius 3 is 2.58 bits per heavy atom. The van der Waals surface area contributed by atoms with Crippen molar-refractivity contribution in [1.82, 2.24) is 20.9 Å². The van der Waals surface area contributed by atoms with Crippen molar-refractivity contribution in [2.75, 3.05) is 20.3 Å². The topological polar surface area (TPSA) is 109 Å². The lowest BCUT2D eigenvalue weighted by atomic mass is 9.86. The number of unbranched alkanes of at least 4 members (excludes halogenated alkanes) is 1. The first-order chi connectivity index (χ1) is 14.8. The number of fused-ring (bicyclic) bond motifs is 1. The average molecular weight is 433 g/mol. The molecule has 5 amide bonds. The van der Waals surface area contributed by atoms with Crippen LogP contribution in [0.25, 0.3) is 0 Å². The molecule has 2 saturated heterocycles. The van der Waals surface area contributed by atoms with Gasteiger partial charge in [0.05, 0.1) is 19.8 Å². The first-order valence-corrected chi connectivity index (χ1v) is 10.8. The van der Waals surface area contributed by atoms with Crippen LogP contribution in [0.5, 0.6) is 11.5 Å². The van der Waals surface area contributed by atoms with Crippen LogP contribution in [0.1, 0.15) is 51.6 Å². The number of hydrogen-bond donors (Lipinski definition) is 3. The minimum absolute atomic E-state index is 0.420. The van der Waals surface area contributed by atoms with E-state index < -0.39 is 36.1 Å². The highest BCUT2D eigenvalue weighted by atomic mass is 16.5. The Morgan fingerprint density at radius 2 is 1.90 bits per heavy atom. The third-order valence-electron chi connectivity index (χ3n) is 5.65. The fourth-order valence-electron chi connectivity index (χ4n) is 3.89. The second-order valence-electron chi connectivity index (χ2n) is 8.35. The van der Waals surface area contributed by atoms with Gasteiger partial charge in [0, 0.05) is 6.54 Å². The predicted molar refractivity (Wildman–Crippen MR) is 115 cm³/mol. The van der Waals surface area contributed by atoms with E-state index in [1.54, 1.807) is 19.2 Å². The molecule has 0 spiro atoms. The molecule has 2 heterocycles. The number of imide groups is 1. The Hall–Kier alpha value is -2.97. The number of benzene rings is 1. The molecule has 2 aliphatic rings. The summed E-state index contributed by atoms with van der Waals surface area (Å²) in [5, 5.41) is 8.02. The average Bonchev–Trinajstić information content (AvgIpc) is 2.72. The van der Waals surface area contributed by atoms with E-state index >= 15 is 0 Å². The quantitative estimate of drug-likeness (QED) is 0.556. The van der Waals surface area contributed by atoms with Crippen molar-refractivity contribution in [1.29, 1.82) is 0 Å². The molecule has 2 aliphatic heterocycles. The highest BCUT2D eigenvalue weighted by Gasteiger charge is 2.49. The highest BCUT2D eigenvalue weighted by molar-refractivity contribution is 6.00. The van der Waals surface area contributed by atoms with Crippen LogP contribution in [0.3, 0.4) is 0 Å². The second kappa shape index (κ2) is 9.89. The van der Waals surface area contributed by atoms with Crippen LogP contribution in [0.2, 0.25) is 0 Å². The van der Waals surface area contributed by atoms with Gasteiger partial charge < -0.3 is 25.0 Å². The van der Waals surface area contributed by atoms with Crippen LogP contribution in [0.15, 0.2) is 18.2 Å². The molecule has 3 N–H and O–H groups in total. The molecule has 9 heteroatoms. The van der Waals surface area contributed by atoms with Crippen molar-refractivity contribution in [3.05, 3.63) is 23.8 Å². The minimum atomic E-state index is -0.709. The summed E-state index contributed by atoms with van der Waals surface area (Å²) in [5.74, 6) is 0.564. The number of nitrogens with zero attached hydrogens (tertiary/aromatic N) is 1. The van der Waals surface area contributed by atoms with Crippen molar-refractivity contribution in [3.8, 4) is 11.5 Å². The fraction of sp³-hybridized carbons (Fsp3) is 0.591. The molecule has 1 aromatic rings. The molecule has 0 aliphatic carbocycles. The molecule has 1 aromatic carbocycles. The Morgan fingerprint density at radius 1 is 1.13 bits per heavy atom. The largest absolute Gasteiger partial charge is 0.493 e. The van der Waals surface area contributed by atoms with Crippen LogP contribution in [-0.4, -0.2) is 49.3 Å². The molecule has 9 nitrogen and oxygen atoms in total. The van der Waals surface area contributed by atoms with Crippen molar-refractivity contribution in [2.24, 2.45) is 11.8 Å². The number of amides is 5. The zero-order valence-electron chi connectivity index (χ0n) is 18.6. The monoisotopic (exact) mass is 432 g/mol. The van der Waals surface area contributed by atoms with E-state index in [1.165, 1.54) is 4.90 Å². The number of methoxy groups -OCH3 is 1. The van der Waals surface area contributed by atoms with Crippen molar-refractivity contribution in [2.45, 2.75) is 52.2 Å². The summed E-state index contributed by atoms with van der Waals surface area (Å²) < 4.78 is 11.3. The molecule has 0 radical (unpaired) electrons. The van der Waals surface area contributed by atoms with Crippen LogP contribution in [0, 0.1) is 11.8 Å². The Labute approximate surface area is 182 Å². The van der Waals surface area contributed by atoms with Gasteiger partial charge in [-0.05, 0) is 36.5 Å². The maximum Gasteiger partial charge on any atom is 0.325 e. The maximum absolute atomic E-state index is 12.8. The van der Waals surface area contributed by atoms with Crippen molar-refractivity contribution < 1.29 is 23.9 Å². The summed E-state index contributed by atoms with van der Waals surface area (Å²) in [6.07, 6.45) is 1.87. The van der Waals surface area contributed by atoms with Crippen LogP contribution in [0.4, 0.5) is 9.59 Å². The number of carbonyl (C=O) groups excluding carboxylic acids is 3. The third-order valence-corrected chi connectivity index (χ3v) is 5.65. The zero-order valence-corrected chi connectivity index (χ0v) is 18.6. The van der Waals surface area contributed by atoms with Gasteiger partial charge >= 0.3 is 12.1 Å². The summed E-state index contributed by atoms with van der Waals surface area (Å²) in [4.78, 5) is 39.1. The van der Waals surface area contributed by atoms with E-state index in [2.05, 4.69) is 29.8 Å². The molecular weight excluding hydrogens is 400 g/mol. The Balaban J connectivity index is 1.87. The van der Waals surface area contributed by atoms with E-state index in [4.69, 9.17) is 9.47 Å². The number of urea groups is 2. The number of carbonyl (C=O) groups is 3. The Bertz CT molecular complexity index is 828. The van der Waals surface area contributed by atoms with Crippen LogP contribution >= 0.6 is 0 Å². The van der Waals surface area contributed by atoms with Gasteiger partial charge in [-0.3, -0.25) is 10.1 Å². The van der Waals surface area contributed by atoms with E-state index in [9.17, 15) is 14.4 Å². The Kier molecular flexibility index (Phi) is 7.25. The standard InChI is InChI=1S/C22H32N4O5/c1-5-6-10-26-19-17(20(27)25-22(26)29)18(23-21(28)24-19)14-7-8-15(16(12-14)30-4)31-11-9-13(2)3/h7-8,12-13,17-19H,5-6,9-11H2,1-4H3,(H2,23,24,28)(H,25,27,29). The molecule has 3 atom stereocenters. The molecule has 170 valence electrons. The third kappa shape index (κ3) is 5.03. The number of nitrogens with one attached hydrogen (secondary N) is 3. The van der Waals surface area contributed by atoms with Crippen LogP contribution < -0.4 is 25.4 Å². The van der Waals surface area contributed by atoms with Crippen LogP contribution in [-0.2, 0) is 4.79 Å². The molecule has 0 aromatic heterocycles. The second-order valence-corrected chi connectivity index (χ2v) is 8.35. The van der Waals surface area contributed by atoms with Gasteiger partial charge in [-0.1, -0.05) is 33.3 Å². The zero-order chi connectivity index (χ0) is 22.5. The first kappa shape index (κ1) is 22.7. The van der Waals surface area contributed by atoms with Gasteiger partial charge in [-0.2, -0.15) is 0 Å². The highest BCUT2D eigenvalue weighted by Crippen LogP contribution is 2.36. The van der Waals surface area contributed by atoms with Gasteiger partial charge in [0.1, 0.15) is 12.1 Å². The number of ether oxygens (including phenoxy) is 2. The van der Waals surface area contributed by atoms with Gasteiger partial charge in [-0.15, -0.1) is 0 Å². The summed E-state index contributed by atoms with van der Waals surface area (Å²) in [6.45, 7) is 7.30. The van der Waals surface area contributed by atoms with Crippen molar-refractivity contribution >= 4 is 18.0 Å². The molecule has 3 rings (SSSR count). The van der Waals surface area contributed by atoms with E-state index in [-0.39, 0.29) is 0 Å². The van der Waals surface area contributed by atoms with Gasteiger partial charge in [0.2, 0.25) is 5.91 Å². The van der Waals surface area contributed by atoms with E-state index in [0.29, 0.717) is 36.1 Å². The molecule has 0 bridgehead atoms. The molecule has 0 saturated carbocycles. The number of rotatable bonds is 9. The SMILES string of the molecule is CCCCN1C(=O)NC(=O)C2C(c3ccc(OCCC(C)C)c(OC)c3)NC(=O)NC21. The lowest BCUT2D eigenvalue weighted by Gasteiger charge is -2.46. The summed E-state index contributed by atoms with van der Waals surface area (Å²) >= 11 is 0. The maximum atomic E-state index is 12.8. The predicted octanol–water partition coefficient (Wildman–Crippen LogP) is 2.77. The summed E-state index contributed by atoms with van der Waals surface area (Å²) in [5.41, 5.74) is 0.706. The summed E-state index contributed by atoms with van der Waals surface area (Å²) in [7, 11) is 1.55. The normalized spacial score (nSPS) is 23.1. The smallest absolute Gasteiger partial charge is 0.325 e. The van der Waals surface area contributed by atoms with Gasteiger partial charge in [0.15, 0.2) is 11.5 Å². The van der Waals surface area contributed by atoms with Gasteiger partial charge in [-0.25, -0.2) is 9.59 Å². The minimum Gasteiger partial charge on any atom is -0.493 e. The number of hydrogen-bond acceptors (Lipinski definition) is 5. The molecule has 2 fully saturated rings. The molecule has 31 heavy (non-hydrogen) atoms. The molecular formula is C22H32N4O5.